The Morgan fingerprint density at radius 1 is 1.04 bits per heavy atom. The lowest BCUT2D eigenvalue weighted by Crippen LogP contribution is -2.30. The van der Waals surface area contributed by atoms with E-state index in [0.29, 0.717) is 13.1 Å². The first kappa shape index (κ1) is 19.4. The van der Waals surface area contributed by atoms with Gasteiger partial charge in [0.1, 0.15) is 0 Å². The van der Waals surface area contributed by atoms with Gasteiger partial charge < -0.3 is 9.87 Å². The van der Waals surface area contributed by atoms with Gasteiger partial charge >= 0.3 is 0 Å². The summed E-state index contributed by atoms with van der Waals surface area (Å²) in [6.07, 6.45) is 0. The van der Waals surface area contributed by atoms with Crippen molar-refractivity contribution in [3.05, 3.63) is 69.8 Å². The van der Waals surface area contributed by atoms with Crippen molar-refractivity contribution in [3.8, 4) is 0 Å². The molecule has 0 aromatic heterocycles. The lowest BCUT2D eigenvalue weighted by Gasteiger charge is -2.21. The number of hydrogen-bond acceptors (Lipinski definition) is 5. The molecule has 0 saturated carbocycles. The number of rotatable bonds is 9. The standard InChI is InChI=1S/C18H23N3O3S/c1-3-20(4-2)25(24)18-10-8-15(9-11-18)13-19-14-16-6-5-7-17(12-16)21(22)23/h5-12,19H,3-4,13-14H2,1-2H3. The molecule has 0 heterocycles. The maximum Gasteiger partial charge on any atom is 0.269 e. The van der Waals surface area contributed by atoms with Gasteiger partial charge in [-0.2, -0.15) is 0 Å². The lowest BCUT2D eigenvalue weighted by atomic mass is 10.2. The zero-order valence-corrected chi connectivity index (χ0v) is 15.3. The monoisotopic (exact) mass is 361 g/mol. The second-order valence-electron chi connectivity index (χ2n) is 5.54. The molecule has 0 aliphatic heterocycles. The van der Waals surface area contributed by atoms with E-state index in [4.69, 9.17) is 0 Å². The summed E-state index contributed by atoms with van der Waals surface area (Å²) in [4.78, 5) is 11.2. The van der Waals surface area contributed by atoms with Crippen molar-refractivity contribution >= 4 is 17.0 Å². The molecule has 0 bridgehead atoms. The molecule has 0 saturated heterocycles. The molecule has 0 aliphatic carbocycles. The summed E-state index contributed by atoms with van der Waals surface area (Å²) in [5.41, 5.74) is 2.04. The Bertz CT molecular complexity index is 690. The van der Waals surface area contributed by atoms with Crippen LogP contribution < -0.4 is 5.32 Å². The molecule has 1 unspecified atom stereocenters. The van der Waals surface area contributed by atoms with Crippen molar-refractivity contribution in [1.29, 1.82) is 0 Å². The third-order valence-corrected chi connectivity index (χ3v) is 5.51. The molecule has 0 radical (unpaired) electrons. The van der Waals surface area contributed by atoms with E-state index in [2.05, 4.69) is 5.32 Å². The molecule has 2 aromatic carbocycles. The van der Waals surface area contributed by atoms with Gasteiger partial charge in [0.25, 0.3) is 5.69 Å². The van der Waals surface area contributed by atoms with Gasteiger partial charge in [-0.25, -0.2) is 0 Å². The zero-order valence-electron chi connectivity index (χ0n) is 14.5. The number of nitro benzene ring substituents is 1. The average Bonchev–Trinajstić information content (AvgIpc) is 2.63. The fourth-order valence-corrected chi connectivity index (χ4v) is 3.60. The second-order valence-corrected chi connectivity index (χ2v) is 7.02. The Balaban J connectivity index is 1.89. The number of nitro groups is 1. The molecule has 0 aliphatic rings. The molecule has 0 fully saturated rings. The molecule has 1 atom stereocenters. The third-order valence-electron chi connectivity index (χ3n) is 3.84. The third kappa shape index (κ3) is 5.54. The molecular formula is C18H23N3O3S. The van der Waals surface area contributed by atoms with Crippen LogP contribution in [0.15, 0.2) is 53.4 Å². The predicted octanol–water partition coefficient (Wildman–Crippen LogP) is 3.25. The zero-order chi connectivity index (χ0) is 18.2. The Labute approximate surface area is 151 Å². The highest BCUT2D eigenvalue weighted by Crippen LogP contribution is 2.16. The van der Waals surface area contributed by atoms with Crippen molar-refractivity contribution in [2.75, 3.05) is 13.1 Å². The van der Waals surface area contributed by atoms with Crippen LogP contribution in [0.2, 0.25) is 0 Å². The first-order valence-corrected chi connectivity index (χ1v) is 9.35. The number of benzene rings is 2. The minimum atomic E-state index is -1.12. The number of non-ortho nitro benzene ring substituents is 1. The second kappa shape index (κ2) is 9.53. The van der Waals surface area contributed by atoms with E-state index >= 15 is 0 Å². The minimum Gasteiger partial charge on any atom is -0.593 e. The van der Waals surface area contributed by atoms with E-state index in [-0.39, 0.29) is 5.69 Å². The molecule has 1 N–H and O–H groups in total. The van der Waals surface area contributed by atoms with Crippen molar-refractivity contribution < 1.29 is 9.48 Å². The van der Waals surface area contributed by atoms with Crippen molar-refractivity contribution in [2.45, 2.75) is 31.8 Å². The maximum atomic E-state index is 12.4. The molecule has 134 valence electrons. The fourth-order valence-electron chi connectivity index (χ4n) is 2.46. The van der Waals surface area contributed by atoms with E-state index in [1.807, 2.05) is 48.5 Å². The molecule has 2 rings (SSSR count). The SMILES string of the molecule is CCN(CC)[S+]([O-])c1ccc(CNCc2cccc([N+](=O)[O-])c2)cc1. The van der Waals surface area contributed by atoms with Gasteiger partial charge in [0.15, 0.2) is 4.90 Å². The predicted molar refractivity (Wildman–Crippen MR) is 99.4 cm³/mol. The van der Waals surface area contributed by atoms with Crippen molar-refractivity contribution in [1.82, 2.24) is 9.62 Å². The van der Waals surface area contributed by atoms with Gasteiger partial charge in [0.2, 0.25) is 0 Å². The molecule has 7 heteroatoms. The largest absolute Gasteiger partial charge is 0.593 e. The van der Waals surface area contributed by atoms with E-state index in [1.165, 1.54) is 6.07 Å². The molecule has 0 spiro atoms. The quantitative estimate of drug-likeness (QED) is 0.421. The molecule has 25 heavy (non-hydrogen) atoms. The van der Waals surface area contributed by atoms with Crippen LogP contribution in [0.4, 0.5) is 5.69 Å². The molecule has 6 nitrogen and oxygen atoms in total. The smallest absolute Gasteiger partial charge is 0.269 e. The number of nitrogens with one attached hydrogen (secondary N) is 1. The van der Waals surface area contributed by atoms with Gasteiger partial charge in [-0.15, -0.1) is 4.31 Å². The highest BCUT2D eigenvalue weighted by molar-refractivity contribution is 7.89. The average molecular weight is 361 g/mol. The van der Waals surface area contributed by atoms with E-state index in [1.54, 1.807) is 12.1 Å². The van der Waals surface area contributed by atoms with E-state index in [9.17, 15) is 14.7 Å². The van der Waals surface area contributed by atoms with Crippen molar-refractivity contribution in [2.24, 2.45) is 0 Å². The summed E-state index contributed by atoms with van der Waals surface area (Å²) >= 11 is -1.12. The Morgan fingerprint density at radius 2 is 1.68 bits per heavy atom. The van der Waals surface area contributed by atoms with Crippen LogP contribution in [-0.2, 0) is 24.5 Å². The van der Waals surface area contributed by atoms with Crippen LogP contribution in [0.1, 0.15) is 25.0 Å². The van der Waals surface area contributed by atoms with Crippen LogP contribution in [0.25, 0.3) is 0 Å². The van der Waals surface area contributed by atoms with E-state index < -0.39 is 16.3 Å². The fraction of sp³-hybridized carbons (Fsp3) is 0.333. The lowest BCUT2D eigenvalue weighted by molar-refractivity contribution is -0.384. The van der Waals surface area contributed by atoms with Crippen LogP contribution in [0.3, 0.4) is 0 Å². The number of hydrogen-bond donors (Lipinski definition) is 1. The summed E-state index contributed by atoms with van der Waals surface area (Å²) in [7, 11) is 0. The Morgan fingerprint density at radius 3 is 2.28 bits per heavy atom. The van der Waals surface area contributed by atoms with Gasteiger partial charge in [-0.05, 0) is 37.1 Å². The van der Waals surface area contributed by atoms with Crippen LogP contribution in [0, 0.1) is 10.1 Å². The van der Waals surface area contributed by atoms with Crippen LogP contribution in [0.5, 0.6) is 0 Å². The first-order valence-electron chi connectivity index (χ1n) is 8.25. The normalized spacial score (nSPS) is 12.3. The summed E-state index contributed by atoms with van der Waals surface area (Å²) in [6, 6.07) is 14.3. The molecule has 0 amide bonds. The van der Waals surface area contributed by atoms with Gasteiger partial charge in [0, 0.05) is 38.3 Å². The van der Waals surface area contributed by atoms with Gasteiger partial charge in [0.05, 0.1) is 16.3 Å². The van der Waals surface area contributed by atoms with Crippen LogP contribution >= 0.6 is 0 Å². The summed E-state index contributed by atoms with van der Waals surface area (Å²) < 4.78 is 14.3. The summed E-state index contributed by atoms with van der Waals surface area (Å²) in [5, 5.41) is 14.1. The summed E-state index contributed by atoms with van der Waals surface area (Å²) in [6.45, 7) is 6.67. The van der Waals surface area contributed by atoms with E-state index in [0.717, 1.165) is 29.1 Å². The molecule has 2 aromatic rings. The first-order chi connectivity index (χ1) is 12.0. The Hall–Kier alpha value is -1.93. The molecular weight excluding hydrogens is 338 g/mol. The highest BCUT2D eigenvalue weighted by Gasteiger charge is 2.18. The number of nitrogens with zero attached hydrogens (tertiary/aromatic N) is 2. The van der Waals surface area contributed by atoms with Crippen LogP contribution in [-0.4, -0.2) is 26.9 Å². The van der Waals surface area contributed by atoms with Gasteiger partial charge in [-0.1, -0.05) is 24.3 Å². The van der Waals surface area contributed by atoms with Crippen molar-refractivity contribution in [3.63, 3.8) is 0 Å². The highest BCUT2D eigenvalue weighted by atomic mass is 32.2. The topological polar surface area (TPSA) is 81.5 Å². The summed E-state index contributed by atoms with van der Waals surface area (Å²) in [5.74, 6) is 0. The Kier molecular flexibility index (Phi) is 7.39. The van der Waals surface area contributed by atoms with Gasteiger partial charge in [-0.3, -0.25) is 10.1 Å². The maximum absolute atomic E-state index is 12.4. The minimum absolute atomic E-state index is 0.0996.